The van der Waals surface area contributed by atoms with E-state index in [2.05, 4.69) is 13.8 Å². The Kier molecular flexibility index (Phi) is 6.41. The second-order valence-electron chi connectivity index (χ2n) is 3.39. The maximum absolute atomic E-state index is 5.93. The van der Waals surface area contributed by atoms with Gasteiger partial charge in [0.1, 0.15) is 0 Å². The van der Waals surface area contributed by atoms with E-state index in [-0.39, 0.29) is 0 Å². The number of allylic oxidation sites excluding steroid dienone is 2. The Morgan fingerprint density at radius 3 is 2.23 bits per heavy atom. The van der Waals surface area contributed by atoms with Crippen LogP contribution in [0.3, 0.4) is 0 Å². The molecule has 0 amide bonds. The van der Waals surface area contributed by atoms with Gasteiger partial charge in [0.25, 0.3) is 0 Å². The van der Waals surface area contributed by atoms with Gasteiger partial charge in [-0.05, 0) is 19.3 Å². The van der Waals surface area contributed by atoms with Crippen molar-refractivity contribution in [3.63, 3.8) is 0 Å². The van der Waals surface area contributed by atoms with Crippen molar-refractivity contribution in [1.82, 2.24) is 5.01 Å². The highest BCUT2D eigenvalue weighted by Gasteiger charge is 2.03. The topological polar surface area (TPSA) is 55.3 Å². The summed E-state index contributed by atoms with van der Waals surface area (Å²) in [6.07, 6.45) is 5.52. The van der Waals surface area contributed by atoms with Gasteiger partial charge in [-0.25, -0.2) is 5.84 Å². The average molecular weight is 185 g/mol. The first-order chi connectivity index (χ1) is 6.13. The zero-order chi connectivity index (χ0) is 10.3. The second kappa shape index (κ2) is 6.78. The maximum atomic E-state index is 5.93. The lowest BCUT2D eigenvalue weighted by atomic mass is 10.1. The number of hydrazine groups is 1. The van der Waals surface area contributed by atoms with Crippen molar-refractivity contribution in [3.8, 4) is 0 Å². The lowest BCUT2D eigenvalue weighted by molar-refractivity contribution is 0.416. The van der Waals surface area contributed by atoms with Crippen molar-refractivity contribution >= 4 is 0 Å². The van der Waals surface area contributed by atoms with E-state index in [0.717, 1.165) is 24.2 Å². The number of nitrogens with zero attached hydrogens (tertiary/aromatic N) is 1. The first-order valence-electron chi connectivity index (χ1n) is 5.09. The Bertz CT molecular complexity index is 162. The quantitative estimate of drug-likeness (QED) is 0.378. The molecule has 0 fully saturated rings. The van der Waals surface area contributed by atoms with Crippen LogP contribution in [0, 0.1) is 0 Å². The fourth-order valence-corrected chi connectivity index (χ4v) is 1.41. The summed E-state index contributed by atoms with van der Waals surface area (Å²) in [5.41, 5.74) is 7.94. The zero-order valence-electron chi connectivity index (χ0n) is 9.14. The highest BCUT2D eigenvalue weighted by Crippen LogP contribution is 2.12. The summed E-state index contributed by atoms with van der Waals surface area (Å²) in [6, 6.07) is 0. The van der Waals surface area contributed by atoms with E-state index in [1.807, 2.05) is 7.05 Å². The summed E-state index contributed by atoms with van der Waals surface area (Å²) in [6.45, 7) is 4.26. The van der Waals surface area contributed by atoms with Gasteiger partial charge in [0.05, 0.1) is 0 Å². The summed E-state index contributed by atoms with van der Waals surface area (Å²) in [4.78, 5) is 0. The van der Waals surface area contributed by atoms with Crippen LogP contribution >= 0.6 is 0 Å². The van der Waals surface area contributed by atoms with E-state index in [1.165, 1.54) is 19.3 Å². The van der Waals surface area contributed by atoms with Gasteiger partial charge in [0, 0.05) is 18.4 Å². The van der Waals surface area contributed by atoms with Crippen LogP contribution in [0.15, 0.2) is 11.4 Å². The third kappa shape index (κ3) is 4.78. The predicted molar refractivity (Wildman–Crippen MR) is 57.6 cm³/mol. The Labute approximate surface area is 81.7 Å². The SMILES string of the molecule is CCCCC/C(N)=C(\CC)N(C)N. The molecule has 0 aliphatic carbocycles. The molecule has 0 heterocycles. The molecule has 3 nitrogen and oxygen atoms in total. The van der Waals surface area contributed by atoms with E-state index in [1.54, 1.807) is 5.01 Å². The number of rotatable bonds is 6. The van der Waals surface area contributed by atoms with Crippen molar-refractivity contribution in [1.29, 1.82) is 0 Å². The fourth-order valence-electron chi connectivity index (χ4n) is 1.41. The van der Waals surface area contributed by atoms with Gasteiger partial charge in [0.2, 0.25) is 0 Å². The summed E-state index contributed by atoms with van der Waals surface area (Å²) in [5, 5.41) is 1.63. The molecule has 0 aromatic rings. The number of unbranched alkanes of at least 4 members (excludes halogenated alkanes) is 2. The standard InChI is InChI=1S/C10H23N3/c1-4-6-7-8-9(11)10(5-2)13(3)12/h4-8,11-12H2,1-3H3/b10-9-. The van der Waals surface area contributed by atoms with Crippen molar-refractivity contribution in [2.75, 3.05) is 7.05 Å². The molecule has 0 aliphatic heterocycles. The summed E-state index contributed by atoms with van der Waals surface area (Å²) in [7, 11) is 1.84. The van der Waals surface area contributed by atoms with Crippen LogP contribution < -0.4 is 11.6 Å². The second-order valence-corrected chi connectivity index (χ2v) is 3.39. The fraction of sp³-hybridized carbons (Fsp3) is 0.800. The van der Waals surface area contributed by atoms with Gasteiger partial charge in [-0.1, -0.05) is 26.7 Å². The molecular weight excluding hydrogens is 162 g/mol. The molecular formula is C10H23N3. The minimum absolute atomic E-state index is 0.908. The minimum Gasteiger partial charge on any atom is -0.401 e. The Balaban J connectivity index is 4.05. The molecule has 0 bridgehead atoms. The molecule has 0 rings (SSSR count). The molecule has 4 N–H and O–H groups in total. The summed E-state index contributed by atoms with van der Waals surface area (Å²) < 4.78 is 0. The lowest BCUT2D eigenvalue weighted by Crippen LogP contribution is -2.27. The van der Waals surface area contributed by atoms with Crippen molar-refractivity contribution < 1.29 is 0 Å². The van der Waals surface area contributed by atoms with Crippen molar-refractivity contribution in [2.45, 2.75) is 46.0 Å². The summed E-state index contributed by atoms with van der Waals surface area (Å²) in [5.74, 6) is 5.65. The van der Waals surface area contributed by atoms with Gasteiger partial charge in [-0.3, -0.25) is 0 Å². The Morgan fingerprint density at radius 1 is 1.23 bits per heavy atom. The van der Waals surface area contributed by atoms with E-state index >= 15 is 0 Å². The normalized spacial score (nSPS) is 12.6. The molecule has 0 saturated carbocycles. The molecule has 0 saturated heterocycles. The van der Waals surface area contributed by atoms with Gasteiger partial charge in [0.15, 0.2) is 0 Å². The smallest absolute Gasteiger partial charge is 0.0472 e. The minimum atomic E-state index is 0.908. The zero-order valence-corrected chi connectivity index (χ0v) is 9.14. The Morgan fingerprint density at radius 2 is 1.85 bits per heavy atom. The van der Waals surface area contributed by atoms with Crippen LogP contribution in [0.5, 0.6) is 0 Å². The van der Waals surface area contributed by atoms with Gasteiger partial charge >= 0.3 is 0 Å². The molecule has 3 heteroatoms. The number of hydrogen-bond acceptors (Lipinski definition) is 3. The van der Waals surface area contributed by atoms with E-state index < -0.39 is 0 Å². The molecule has 0 aliphatic rings. The van der Waals surface area contributed by atoms with Crippen molar-refractivity contribution in [3.05, 3.63) is 11.4 Å². The highest BCUT2D eigenvalue weighted by molar-refractivity contribution is 5.08. The van der Waals surface area contributed by atoms with E-state index in [9.17, 15) is 0 Å². The Hall–Kier alpha value is -0.700. The van der Waals surface area contributed by atoms with Crippen LogP contribution in [0.2, 0.25) is 0 Å². The predicted octanol–water partition coefficient (Wildman–Crippen LogP) is 1.95. The molecule has 0 atom stereocenters. The molecule has 0 radical (unpaired) electrons. The van der Waals surface area contributed by atoms with Gasteiger partial charge < -0.3 is 10.7 Å². The molecule has 13 heavy (non-hydrogen) atoms. The van der Waals surface area contributed by atoms with Crippen LogP contribution in [0.4, 0.5) is 0 Å². The molecule has 78 valence electrons. The number of hydrogen-bond donors (Lipinski definition) is 2. The largest absolute Gasteiger partial charge is 0.401 e. The molecule has 0 aromatic carbocycles. The van der Waals surface area contributed by atoms with Gasteiger partial charge in [-0.15, -0.1) is 0 Å². The third-order valence-corrected chi connectivity index (χ3v) is 2.18. The van der Waals surface area contributed by atoms with E-state index in [4.69, 9.17) is 11.6 Å². The van der Waals surface area contributed by atoms with Crippen LogP contribution in [0.25, 0.3) is 0 Å². The first-order valence-corrected chi connectivity index (χ1v) is 5.09. The lowest BCUT2D eigenvalue weighted by Gasteiger charge is -2.18. The van der Waals surface area contributed by atoms with Crippen LogP contribution in [-0.4, -0.2) is 12.1 Å². The highest BCUT2D eigenvalue weighted by atomic mass is 15.4. The molecule has 0 aromatic heterocycles. The van der Waals surface area contributed by atoms with Crippen LogP contribution in [0.1, 0.15) is 46.0 Å². The number of nitrogens with two attached hydrogens (primary N) is 2. The van der Waals surface area contributed by atoms with Crippen LogP contribution in [-0.2, 0) is 0 Å². The van der Waals surface area contributed by atoms with E-state index in [0.29, 0.717) is 0 Å². The molecule has 0 unspecified atom stereocenters. The average Bonchev–Trinajstić information content (AvgIpc) is 2.05. The summed E-state index contributed by atoms with van der Waals surface area (Å²) >= 11 is 0. The van der Waals surface area contributed by atoms with Crippen molar-refractivity contribution in [2.24, 2.45) is 11.6 Å². The first kappa shape index (κ1) is 12.3. The van der Waals surface area contributed by atoms with Gasteiger partial charge in [-0.2, -0.15) is 0 Å². The maximum Gasteiger partial charge on any atom is 0.0472 e. The monoisotopic (exact) mass is 185 g/mol. The third-order valence-electron chi connectivity index (χ3n) is 2.18. The molecule has 0 spiro atoms.